The molecule has 2 heterocycles. The Morgan fingerprint density at radius 2 is 1.86 bits per heavy atom. The molecule has 29 heavy (non-hydrogen) atoms. The second kappa shape index (κ2) is 7.39. The van der Waals surface area contributed by atoms with Gasteiger partial charge >= 0.3 is 5.97 Å². The van der Waals surface area contributed by atoms with E-state index in [9.17, 15) is 14.7 Å². The van der Waals surface area contributed by atoms with Crippen LogP contribution in [-0.2, 0) is 24.1 Å². The lowest BCUT2D eigenvalue weighted by molar-refractivity contribution is -0.136. The molecule has 5 heteroatoms. The van der Waals surface area contributed by atoms with Crippen molar-refractivity contribution in [3.05, 3.63) is 62.4 Å². The van der Waals surface area contributed by atoms with Gasteiger partial charge in [-0.2, -0.15) is 0 Å². The van der Waals surface area contributed by atoms with Gasteiger partial charge in [0.05, 0.1) is 11.9 Å². The molecule has 0 bridgehead atoms. The summed E-state index contributed by atoms with van der Waals surface area (Å²) in [6.45, 7) is 6.86. The Morgan fingerprint density at radius 1 is 1.14 bits per heavy atom. The van der Waals surface area contributed by atoms with Gasteiger partial charge in [-0.05, 0) is 66.5 Å². The van der Waals surface area contributed by atoms with Gasteiger partial charge in [0.2, 0.25) is 0 Å². The van der Waals surface area contributed by atoms with Crippen LogP contribution in [-0.4, -0.2) is 22.6 Å². The fraction of sp³-hybridized carbons (Fsp3) is 0.333. The lowest BCUT2D eigenvalue weighted by atomic mass is 9.83. The molecule has 0 atom stereocenters. The molecule has 1 aliphatic heterocycles. The number of hydrogen-bond donors (Lipinski definition) is 3. The van der Waals surface area contributed by atoms with Crippen LogP contribution in [0.1, 0.15) is 41.2 Å². The Labute approximate surface area is 169 Å². The smallest absolute Gasteiger partial charge is 0.307 e. The highest BCUT2D eigenvalue weighted by Gasteiger charge is 2.25. The number of anilines is 1. The van der Waals surface area contributed by atoms with Crippen molar-refractivity contribution in [3.8, 4) is 11.1 Å². The van der Waals surface area contributed by atoms with Crippen molar-refractivity contribution in [1.82, 2.24) is 4.98 Å². The molecule has 1 aromatic heterocycles. The largest absolute Gasteiger partial charge is 0.481 e. The zero-order valence-electron chi connectivity index (χ0n) is 17.1. The molecular formula is C24H26N2O3. The number of aromatic nitrogens is 1. The van der Waals surface area contributed by atoms with Crippen LogP contribution in [0.4, 0.5) is 5.69 Å². The summed E-state index contributed by atoms with van der Waals surface area (Å²) < 4.78 is 0. The van der Waals surface area contributed by atoms with Gasteiger partial charge in [0.25, 0.3) is 5.56 Å². The number of aryl methyl sites for hydroxylation is 4. The molecule has 4 rings (SSSR count). The van der Waals surface area contributed by atoms with E-state index in [0.717, 1.165) is 75.7 Å². The van der Waals surface area contributed by atoms with Crippen LogP contribution in [0.15, 0.2) is 29.1 Å². The Morgan fingerprint density at radius 3 is 2.52 bits per heavy atom. The van der Waals surface area contributed by atoms with E-state index < -0.39 is 5.97 Å². The van der Waals surface area contributed by atoms with E-state index >= 15 is 0 Å². The second-order valence-corrected chi connectivity index (χ2v) is 7.84. The maximum atomic E-state index is 12.7. The SMILES string of the molecule is CCc1c(-c2ccc(C)cc2)c(CC(=O)O)c(C)c2[nH]c(=O)c3c(c12)CCCN3. The molecule has 3 aromatic rings. The van der Waals surface area contributed by atoms with Gasteiger partial charge in [-0.15, -0.1) is 0 Å². The first kappa shape index (κ1) is 19.2. The summed E-state index contributed by atoms with van der Waals surface area (Å²) in [6, 6.07) is 8.25. The topological polar surface area (TPSA) is 82.2 Å². The van der Waals surface area contributed by atoms with E-state index in [-0.39, 0.29) is 12.0 Å². The molecule has 150 valence electrons. The summed E-state index contributed by atoms with van der Waals surface area (Å²) in [5.41, 5.74) is 8.31. The van der Waals surface area contributed by atoms with Crippen molar-refractivity contribution in [2.24, 2.45) is 0 Å². The molecule has 0 aliphatic carbocycles. The number of hydrogen-bond acceptors (Lipinski definition) is 3. The number of benzene rings is 2. The highest BCUT2D eigenvalue weighted by Crippen LogP contribution is 2.40. The van der Waals surface area contributed by atoms with Gasteiger partial charge in [0.15, 0.2) is 0 Å². The Balaban J connectivity index is 2.19. The van der Waals surface area contributed by atoms with Crippen molar-refractivity contribution in [3.63, 3.8) is 0 Å². The van der Waals surface area contributed by atoms with Crippen LogP contribution in [0.2, 0.25) is 0 Å². The quantitative estimate of drug-likeness (QED) is 0.618. The van der Waals surface area contributed by atoms with E-state index in [1.807, 2.05) is 13.8 Å². The fourth-order valence-corrected chi connectivity index (χ4v) is 4.62. The number of aliphatic carboxylic acids is 1. The van der Waals surface area contributed by atoms with Gasteiger partial charge < -0.3 is 15.4 Å². The Bertz CT molecular complexity index is 1170. The first-order valence-electron chi connectivity index (χ1n) is 10.2. The van der Waals surface area contributed by atoms with Gasteiger partial charge in [0, 0.05) is 11.9 Å². The molecule has 0 amide bonds. The highest BCUT2D eigenvalue weighted by molar-refractivity contribution is 5.99. The number of carboxylic acids is 1. The van der Waals surface area contributed by atoms with E-state index in [2.05, 4.69) is 41.5 Å². The molecule has 1 aliphatic rings. The minimum absolute atomic E-state index is 0.0741. The molecule has 0 saturated heterocycles. The normalized spacial score (nSPS) is 13.2. The van der Waals surface area contributed by atoms with Crippen LogP contribution < -0.4 is 10.9 Å². The molecule has 0 spiro atoms. The molecule has 0 saturated carbocycles. The summed E-state index contributed by atoms with van der Waals surface area (Å²) in [5, 5.41) is 14.0. The Kier molecular flexibility index (Phi) is 4.91. The summed E-state index contributed by atoms with van der Waals surface area (Å²) >= 11 is 0. The number of rotatable bonds is 4. The summed E-state index contributed by atoms with van der Waals surface area (Å²) in [7, 11) is 0. The minimum atomic E-state index is -0.871. The lowest BCUT2D eigenvalue weighted by Crippen LogP contribution is -2.23. The predicted molar refractivity (Wildman–Crippen MR) is 117 cm³/mol. The van der Waals surface area contributed by atoms with E-state index in [4.69, 9.17) is 0 Å². The van der Waals surface area contributed by atoms with Crippen LogP contribution >= 0.6 is 0 Å². The van der Waals surface area contributed by atoms with Crippen LogP contribution in [0.5, 0.6) is 0 Å². The number of pyridine rings is 1. The van der Waals surface area contributed by atoms with Crippen molar-refractivity contribution < 1.29 is 9.90 Å². The van der Waals surface area contributed by atoms with E-state index in [0.29, 0.717) is 5.69 Å². The molecular weight excluding hydrogens is 364 g/mol. The number of aromatic amines is 1. The average molecular weight is 390 g/mol. The summed E-state index contributed by atoms with van der Waals surface area (Å²) in [6.07, 6.45) is 2.51. The third-order valence-corrected chi connectivity index (χ3v) is 5.98. The molecule has 5 nitrogen and oxygen atoms in total. The maximum Gasteiger partial charge on any atom is 0.307 e. The maximum absolute atomic E-state index is 12.7. The average Bonchev–Trinajstić information content (AvgIpc) is 2.71. The van der Waals surface area contributed by atoms with Gasteiger partial charge in [-0.25, -0.2) is 0 Å². The molecule has 0 unspecified atom stereocenters. The zero-order chi connectivity index (χ0) is 20.7. The van der Waals surface area contributed by atoms with Crippen LogP contribution in [0.25, 0.3) is 22.0 Å². The number of fused-ring (bicyclic) bond motifs is 3. The molecule has 2 aromatic carbocycles. The van der Waals surface area contributed by atoms with Crippen molar-refractivity contribution in [2.45, 2.75) is 46.5 Å². The predicted octanol–water partition coefficient (Wildman–Crippen LogP) is 4.36. The molecule has 0 fully saturated rings. The molecule has 0 radical (unpaired) electrons. The third-order valence-electron chi connectivity index (χ3n) is 5.98. The highest BCUT2D eigenvalue weighted by atomic mass is 16.4. The van der Waals surface area contributed by atoms with Crippen molar-refractivity contribution >= 4 is 22.6 Å². The van der Waals surface area contributed by atoms with Gasteiger partial charge in [0.1, 0.15) is 5.69 Å². The standard InChI is InChI=1S/C24H26N2O3/c1-4-16-20(15-9-7-13(2)8-10-15)18(12-19(27)28)14(3)22-21(16)17-6-5-11-25-23(17)24(29)26-22/h7-10,25H,4-6,11-12H2,1-3H3,(H,26,29)(H,27,28). The number of nitrogens with one attached hydrogen (secondary N) is 2. The summed E-state index contributed by atoms with van der Waals surface area (Å²) in [4.78, 5) is 27.5. The third kappa shape index (κ3) is 3.20. The second-order valence-electron chi connectivity index (χ2n) is 7.84. The van der Waals surface area contributed by atoms with Gasteiger partial charge in [-0.3, -0.25) is 9.59 Å². The van der Waals surface area contributed by atoms with Gasteiger partial charge in [-0.1, -0.05) is 36.8 Å². The zero-order valence-corrected chi connectivity index (χ0v) is 17.1. The lowest BCUT2D eigenvalue weighted by Gasteiger charge is -2.25. The number of carboxylic acid groups (broad SMARTS) is 1. The molecule has 3 N–H and O–H groups in total. The van der Waals surface area contributed by atoms with Crippen LogP contribution in [0.3, 0.4) is 0 Å². The fourth-order valence-electron chi connectivity index (χ4n) is 4.62. The summed E-state index contributed by atoms with van der Waals surface area (Å²) in [5.74, 6) is -0.871. The number of H-pyrrole nitrogens is 1. The van der Waals surface area contributed by atoms with E-state index in [1.54, 1.807) is 0 Å². The van der Waals surface area contributed by atoms with Crippen molar-refractivity contribution in [2.75, 3.05) is 11.9 Å². The monoisotopic (exact) mass is 390 g/mol. The van der Waals surface area contributed by atoms with Crippen LogP contribution in [0, 0.1) is 13.8 Å². The van der Waals surface area contributed by atoms with E-state index in [1.165, 1.54) is 0 Å². The number of carbonyl (C=O) groups is 1. The minimum Gasteiger partial charge on any atom is -0.481 e. The first-order valence-corrected chi connectivity index (χ1v) is 10.2. The van der Waals surface area contributed by atoms with Crippen molar-refractivity contribution in [1.29, 1.82) is 0 Å². The Hall–Kier alpha value is -3.08. The first-order chi connectivity index (χ1) is 13.9.